The molecule has 0 unspecified atom stereocenters. The highest BCUT2D eigenvalue weighted by atomic mass is 19.4. The van der Waals surface area contributed by atoms with Gasteiger partial charge in [-0.05, 0) is 30.5 Å². The van der Waals surface area contributed by atoms with Crippen LogP contribution in [0.1, 0.15) is 30.4 Å². The Labute approximate surface area is 110 Å². The van der Waals surface area contributed by atoms with Gasteiger partial charge in [-0.25, -0.2) is 0 Å². The minimum atomic E-state index is -4.33. The predicted molar refractivity (Wildman–Crippen MR) is 67.8 cm³/mol. The van der Waals surface area contributed by atoms with Gasteiger partial charge in [0.05, 0.1) is 5.56 Å². The lowest BCUT2D eigenvalue weighted by Gasteiger charge is -2.57. The molecule has 3 rings (SSSR count). The quantitative estimate of drug-likeness (QED) is 0.894. The van der Waals surface area contributed by atoms with E-state index in [1.807, 2.05) is 4.90 Å². The molecule has 1 aromatic rings. The SMILES string of the molecule is NCc1ccc(N2CC3(CCC3)C2)cc1C(F)(F)F. The Morgan fingerprint density at radius 2 is 1.89 bits per heavy atom. The maximum atomic E-state index is 13.0. The third-order valence-corrected chi connectivity index (χ3v) is 4.45. The average molecular weight is 270 g/mol. The first-order valence-electron chi connectivity index (χ1n) is 6.59. The van der Waals surface area contributed by atoms with Crippen LogP contribution in [0.3, 0.4) is 0 Å². The van der Waals surface area contributed by atoms with Gasteiger partial charge >= 0.3 is 6.18 Å². The van der Waals surface area contributed by atoms with Gasteiger partial charge in [-0.2, -0.15) is 13.2 Å². The van der Waals surface area contributed by atoms with Crippen LogP contribution in [-0.4, -0.2) is 13.1 Å². The van der Waals surface area contributed by atoms with Crippen molar-refractivity contribution in [3.05, 3.63) is 29.3 Å². The van der Waals surface area contributed by atoms with Crippen LogP contribution in [0, 0.1) is 5.41 Å². The molecule has 0 bridgehead atoms. The number of benzene rings is 1. The zero-order chi connectivity index (χ0) is 13.7. The lowest BCUT2D eigenvalue weighted by molar-refractivity contribution is -0.138. The van der Waals surface area contributed by atoms with E-state index in [-0.39, 0.29) is 12.1 Å². The zero-order valence-electron chi connectivity index (χ0n) is 10.6. The van der Waals surface area contributed by atoms with Gasteiger partial charge < -0.3 is 10.6 Å². The second-order valence-electron chi connectivity index (χ2n) is 5.75. The molecule has 0 atom stereocenters. The van der Waals surface area contributed by atoms with Crippen LogP contribution >= 0.6 is 0 Å². The van der Waals surface area contributed by atoms with Crippen molar-refractivity contribution >= 4 is 5.69 Å². The highest BCUT2D eigenvalue weighted by Gasteiger charge is 2.47. The van der Waals surface area contributed by atoms with Crippen LogP contribution in [0.15, 0.2) is 18.2 Å². The van der Waals surface area contributed by atoms with Crippen LogP contribution in [0.2, 0.25) is 0 Å². The van der Waals surface area contributed by atoms with Crippen molar-refractivity contribution < 1.29 is 13.2 Å². The van der Waals surface area contributed by atoms with Gasteiger partial charge in [0.15, 0.2) is 0 Å². The second kappa shape index (κ2) is 4.13. The summed E-state index contributed by atoms with van der Waals surface area (Å²) in [6.45, 7) is 1.71. The Bertz CT molecular complexity index is 484. The Hall–Kier alpha value is -1.23. The molecule has 104 valence electrons. The minimum absolute atomic E-state index is 0.0843. The summed E-state index contributed by atoms with van der Waals surface area (Å²) in [6.07, 6.45) is -0.634. The molecule has 1 aliphatic carbocycles. The average Bonchev–Trinajstić information content (AvgIpc) is 2.24. The molecule has 1 saturated heterocycles. The lowest BCUT2D eigenvalue weighted by atomic mass is 9.63. The van der Waals surface area contributed by atoms with Gasteiger partial charge in [-0.1, -0.05) is 12.5 Å². The van der Waals surface area contributed by atoms with E-state index in [9.17, 15) is 13.2 Å². The van der Waals surface area contributed by atoms with Gasteiger partial charge in [0.25, 0.3) is 0 Å². The summed E-state index contributed by atoms with van der Waals surface area (Å²) in [4.78, 5) is 2.04. The molecular formula is C14H17F3N2. The number of nitrogens with zero attached hydrogens (tertiary/aromatic N) is 1. The van der Waals surface area contributed by atoms with Crippen molar-refractivity contribution in [2.45, 2.75) is 32.0 Å². The fourth-order valence-electron chi connectivity index (χ4n) is 3.14. The van der Waals surface area contributed by atoms with Gasteiger partial charge in [-0.15, -0.1) is 0 Å². The Morgan fingerprint density at radius 1 is 1.21 bits per heavy atom. The van der Waals surface area contributed by atoms with E-state index < -0.39 is 11.7 Å². The molecule has 2 fully saturated rings. The summed E-state index contributed by atoms with van der Waals surface area (Å²) < 4.78 is 38.9. The molecule has 2 aliphatic rings. The largest absolute Gasteiger partial charge is 0.416 e. The molecular weight excluding hydrogens is 253 g/mol. The van der Waals surface area contributed by atoms with Crippen LogP contribution < -0.4 is 10.6 Å². The van der Waals surface area contributed by atoms with Gasteiger partial charge in [-0.3, -0.25) is 0 Å². The number of hydrogen-bond donors (Lipinski definition) is 1. The summed E-state index contributed by atoms with van der Waals surface area (Å²) in [5.41, 5.74) is 6.02. The van der Waals surface area contributed by atoms with E-state index in [0.29, 0.717) is 11.1 Å². The second-order valence-corrected chi connectivity index (χ2v) is 5.75. The van der Waals surface area contributed by atoms with Crippen molar-refractivity contribution in [2.24, 2.45) is 11.1 Å². The summed E-state index contributed by atoms with van der Waals surface area (Å²) in [7, 11) is 0. The fraction of sp³-hybridized carbons (Fsp3) is 0.571. The zero-order valence-corrected chi connectivity index (χ0v) is 10.6. The molecule has 1 heterocycles. The lowest BCUT2D eigenvalue weighted by Crippen LogP contribution is -2.59. The first-order chi connectivity index (χ1) is 8.93. The van der Waals surface area contributed by atoms with E-state index in [1.165, 1.54) is 31.4 Å². The molecule has 0 radical (unpaired) electrons. The third-order valence-electron chi connectivity index (χ3n) is 4.45. The van der Waals surface area contributed by atoms with E-state index in [2.05, 4.69) is 0 Å². The summed E-state index contributed by atoms with van der Waals surface area (Å²) >= 11 is 0. The molecule has 5 heteroatoms. The Kier molecular flexibility index (Phi) is 2.78. The van der Waals surface area contributed by atoms with E-state index >= 15 is 0 Å². The van der Waals surface area contributed by atoms with Crippen LogP contribution in [-0.2, 0) is 12.7 Å². The standard InChI is InChI=1S/C14H17F3N2/c15-14(16,17)12-6-11(3-2-10(12)7-18)19-8-13(9-19)4-1-5-13/h2-3,6H,1,4-5,7-9,18H2. The molecule has 1 saturated carbocycles. The molecule has 1 spiro atoms. The summed E-state index contributed by atoms with van der Waals surface area (Å²) in [6, 6.07) is 4.50. The van der Waals surface area contributed by atoms with Crippen molar-refractivity contribution in [1.82, 2.24) is 0 Å². The van der Waals surface area contributed by atoms with Crippen molar-refractivity contribution in [2.75, 3.05) is 18.0 Å². The van der Waals surface area contributed by atoms with E-state index in [4.69, 9.17) is 5.73 Å². The number of hydrogen-bond acceptors (Lipinski definition) is 2. The number of halogens is 3. The monoisotopic (exact) mass is 270 g/mol. The molecule has 1 aromatic carbocycles. The van der Waals surface area contributed by atoms with E-state index in [1.54, 1.807) is 6.07 Å². The fourth-order valence-corrected chi connectivity index (χ4v) is 3.14. The minimum Gasteiger partial charge on any atom is -0.370 e. The molecule has 0 amide bonds. The van der Waals surface area contributed by atoms with Crippen molar-refractivity contribution in [3.8, 4) is 0 Å². The van der Waals surface area contributed by atoms with Gasteiger partial charge in [0.1, 0.15) is 0 Å². The van der Waals surface area contributed by atoms with Crippen molar-refractivity contribution in [1.29, 1.82) is 0 Å². The summed E-state index contributed by atoms with van der Waals surface area (Å²) in [5, 5.41) is 0. The highest BCUT2D eigenvalue weighted by Crippen LogP contribution is 2.49. The Morgan fingerprint density at radius 3 is 2.37 bits per heavy atom. The highest BCUT2D eigenvalue weighted by molar-refractivity contribution is 5.54. The normalized spacial score (nSPS) is 21.2. The van der Waals surface area contributed by atoms with Crippen LogP contribution in [0.5, 0.6) is 0 Å². The number of alkyl halides is 3. The maximum Gasteiger partial charge on any atom is 0.416 e. The van der Waals surface area contributed by atoms with Crippen LogP contribution in [0.4, 0.5) is 18.9 Å². The van der Waals surface area contributed by atoms with Crippen molar-refractivity contribution in [3.63, 3.8) is 0 Å². The smallest absolute Gasteiger partial charge is 0.370 e. The first kappa shape index (κ1) is 12.8. The summed E-state index contributed by atoms with van der Waals surface area (Å²) in [5.74, 6) is 0. The number of rotatable bonds is 2. The molecule has 1 aliphatic heterocycles. The Balaban J connectivity index is 1.83. The van der Waals surface area contributed by atoms with Crippen LogP contribution in [0.25, 0.3) is 0 Å². The maximum absolute atomic E-state index is 13.0. The third kappa shape index (κ3) is 2.10. The number of nitrogens with two attached hydrogens (primary N) is 1. The predicted octanol–water partition coefficient (Wildman–Crippen LogP) is 3.15. The van der Waals surface area contributed by atoms with Gasteiger partial charge in [0.2, 0.25) is 0 Å². The molecule has 2 nitrogen and oxygen atoms in total. The molecule has 19 heavy (non-hydrogen) atoms. The number of anilines is 1. The molecule has 2 N–H and O–H groups in total. The first-order valence-corrected chi connectivity index (χ1v) is 6.59. The van der Waals surface area contributed by atoms with Gasteiger partial charge in [0, 0.05) is 30.7 Å². The molecule has 0 aromatic heterocycles. The topological polar surface area (TPSA) is 29.3 Å². The van der Waals surface area contributed by atoms with E-state index in [0.717, 1.165) is 13.1 Å².